The first-order valence-electron chi connectivity index (χ1n) is 4.16. The first-order valence-corrected chi connectivity index (χ1v) is 4.16. The monoisotopic (exact) mass is 182 g/mol. The summed E-state index contributed by atoms with van der Waals surface area (Å²) in [6, 6.07) is 9.76. The van der Waals surface area contributed by atoms with Crippen LogP contribution in [0.4, 0.5) is 0 Å². The van der Waals surface area contributed by atoms with Gasteiger partial charge in [-0.2, -0.15) is 0 Å². The molecule has 0 fully saturated rings. The van der Waals surface area contributed by atoms with Gasteiger partial charge in [0.05, 0.1) is 13.2 Å². The molecular formula is C10H14O3. The van der Waals surface area contributed by atoms with E-state index < -0.39 is 6.29 Å². The van der Waals surface area contributed by atoms with Gasteiger partial charge in [0, 0.05) is 7.11 Å². The van der Waals surface area contributed by atoms with Crippen LogP contribution < -0.4 is 0 Å². The Morgan fingerprint density at radius 2 is 2.00 bits per heavy atom. The Bertz CT molecular complexity index is 219. The highest BCUT2D eigenvalue weighted by atomic mass is 16.7. The van der Waals surface area contributed by atoms with E-state index in [-0.39, 0.29) is 6.61 Å². The van der Waals surface area contributed by atoms with Crippen molar-refractivity contribution in [2.24, 2.45) is 0 Å². The molecule has 1 unspecified atom stereocenters. The lowest BCUT2D eigenvalue weighted by Crippen LogP contribution is -2.19. The summed E-state index contributed by atoms with van der Waals surface area (Å²) >= 11 is 0. The average Bonchev–Trinajstić information content (AvgIpc) is 2.21. The minimum atomic E-state index is -0.528. The predicted octanol–water partition coefficient (Wildman–Crippen LogP) is 1.17. The number of ether oxygens (including phenoxy) is 2. The Kier molecular flexibility index (Phi) is 4.46. The lowest BCUT2D eigenvalue weighted by molar-refractivity contribution is -0.152. The molecule has 1 aromatic carbocycles. The van der Waals surface area contributed by atoms with E-state index >= 15 is 0 Å². The van der Waals surface area contributed by atoms with Crippen LogP contribution in [0, 0.1) is 0 Å². The molecule has 0 aliphatic carbocycles. The zero-order valence-electron chi connectivity index (χ0n) is 7.64. The Morgan fingerprint density at radius 3 is 2.54 bits per heavy atom. The molecule has 1 aromatic rings. The number of aliphatic hydroxyl groups excluding tert-OH is 1. The van der Waals surface area contributed by atoms with E-state index in [1.165, 1.54) is 7.11 Å². The lowest BCUT2D eigenvalue weighted by Gasteiger charge is -2.12. The number of rotatable bonds is 5. The van der Waals surface area contributed by atoms with Crippen molar-refractivity contribution >= 4 is 0 Å². The molecule has 3 heteroatoms. The maximum atomic E-state index is 8.75. The van der Waals surface area contributed by atoms with Crippen molar-refractivity contribution < 1.29 is 14.6 Å². The molecule has 1 atom stereocenters. The second kappa shape index (κ2) is 5.70. The van der Waals surface area contributed by atoms with E-state index in [1.807, 2.05) is 30.3 Å². The molecule has 0 amide bonds. The summed E-state index contributed by atoms with van der Waals surface area (Å²) < 4.78 is 10.1. The number of hydrogen-bond acceptors (Lipinski definition) is 3. The van der Waals surface area contributed by atoms with Crippen LogP contribution in [0.3, 0.4) is 0 Å². The molecule has 0 aliphatic rings. The topological polar surface area (TPSA) is 38.7 Å². The van der Waals surface area contributed by atoms with Crippen molar-refractivity contribution in [2.75, 3.05) is 13.7 Å². The van der Waals surface area contributed by atoms with Crippen LogP contribution in [0.5, 0.6) is 0 Å². The zero-order valence-corrected chi connectivity index (χ0v) is 7.64. The number of aliphatic hydroxyl groups is 1. The Balaban J connectivity index is 2.34. The lowest BCUT2D eigenvalue weighted by atomic mass is 10.2. The van der Waals surface area contributed by atoms with E-state index in [1.54, 1.807) is 0 Å². The highest BCUT2D eigenvalue weighted by Gasteiger charge is 2.04. The minimum Gasteiger partial charge on any atom is -0.391 e. The summed E-state index contributed by atoms with van der Waals surface area (Å²) in [4.78, 5) is 0. The maximum Gasteiger partial charge on any atom is 0.180 e. The van der Waals surface area contributed by atoms with Gasteiger partial charge in [0.1, 0.15) is 0 Å². The Labute approximate surface area is 77.9 Å². The van der Waals surface area contributed by atoms with Crippen LogP contribution in [0.2, 0.25) is 0 Å². The summed E-state index contributed by atoms with van der Waals surface area (Å²) in [7, 11) is 1.51. The van der Waals surface area contributed by atoms with Gasteiger partial charge in [0.15, 0.2) is 6.29 Å². The van der Waals surface area contributed by atoms with Gasteiger partial charge in [0.2, 0.25) is 0 Å². The van der Waals surface area contributed by atoms with Gasteiger partial charge in [-0.25, -0.2) is 0 Å². The maximum absolute atomic E-state index is 8.75. The molecule has 0 aliphatic heterocycles. The van der Waals surface area contributed by atoms with Crippen molar-refractivity contribution in [1.29, 1.82) is 0 Å². The highest BCUT2D eigenvalue weighted by molar-refractivity contribution is 5.13. The third-order valence-electron chi connectivity index (χ3n) is 1.69. The largest absolute Gasteiger partial charge is 0.391 e. The second-order valence-corrected chi connectivity index (χ2v) is 2.64. The minimum absolute atomic E-state index is 0.122. The second-order valence-electron chi connectivity index (χ2n) is 2.64. The van der Waals surface area contributed by atoms with Gasteiger partial charge in [-0.1, -0.05) is 30.3 Å². The fraction of sp³-hybridized carbons (Fsp3) is 0.400. The molecular weight excluding hydrogens is 168 g/mol. The summed E-state index contributed by atoms with van der Waals surface area (Å²) in [5.74, 6) is 0. The smallest absolute Gasteiger partial charge is 0.180 e. The van der Waals surface area contributed by atoms with Gasteiger partial charge >= 0.3 is 0 Å². The standard InChI is InChI=1S/C10H14O3/c1-12-10(7-11)13-8-9-5-3-2-4-6-9/h2-6,10-11H,7-8H2,1H3. The molecule has 1 rings (SSSR count). The first kappa shape index (κ1) is 10.2. The van der Waals surface area contributed by atoms with Gasteiger partial charge in [-0.3, -0.25) is 0 Å². The van der Waals surface area contributed by atoms with Crippen molar-refractivity contribution in [3.05, 3.63) is 35.9 Å². The molecule has 3 nitrogen and oxygen atoms in total. The number of methoxy groups -OCH3 is 1. The van der Waals surface area contributed by atoms with Crippen LogP contribution in [0.1, 0.15) is 5.56 Å². The molecule has 72 valence electrons. The molecule has 0 bridgehead atoms. The van der Waals surface area contributed by atoms with Crippen molar-refractivity contribution in [3.63, 3.8) is 0 Å². The van der Waals surface area contributed by atoms with Gasteiger partial charge in [-0.05, 0) is 5.56 Å². The van der Waals surface area contributed by atoms with E-state index in [4.69, 9.17) is 14.6 Å². The van der Waals surface area contributed by atoms with Crippen LogP contribution in [-0.4, -0.2) is 25.1 Å². The third kappa shape index (κ3) is 3.55. The van der Waals surface area contributed by atoms with Crippen molar-refractivity contribution in [2.45, 2.75) is 12.9 Å². The van der Waals surface area contributed by atoms with Crippen LogP contribution in [-0.2, 0) is 16.1 Å². The molecule has 0 spiro atoms. The fourth-order valence-corrected chi connectivity index (χ4v) is 0.959. The summed E-state index contributed by atoms with van der Waals surface area (Å²) in [6.45, 7) is 0.337. The van der Waals surface area contributed by atoms with Crippen molar-refractivity contribution in [1.82, 2.24) is 0 Å². The van der Waals surface area contributed by atoms with E-state index in [0.717, 1.165) is 5.56 Å². The number of benzene rings is 1. The van der Waals surface area contributed by atoms with E-state index in [9.17, 15) is 0 Å². The van der Waals surface area contributed by atoms with Gasteiger partial charge < -0.3 is 14.6 Å². The number of hydrogen-bond donors (Lipinski definition) is 1. The molecule has 0 radical (unpaired) electrons. The van der Waals surface area contributed by atoms with Gasteiger partial charge in [-0.15, -0.1) is 0 Å². The third-order valence-corrected chi connectivity index (χ3v) is 1.69. The summed E-state index contributed by atoms with van der Waals surface area (Å²) in [5, 5.41) is 8.75. The fourth-order valence-electron chi connectivity index (χ4n) is 0.959. The van der Waals surface area contributed by atoms with E-state index in [2.05, 4.69) is 0 Å². The van der Waals surface area contributed by atoms with Crippen LogP contribution in [0.25, 0.3) is 0 Å². The zero-order chi connectivity index (χ0) is 9.52. The molecule has 0 saturated carbocycles. The average molecular weight is 182 g/mol. The van der Waals surface area contributed by atoms with Crippen molar-refractivity contribution in [3.8, 4) is 0 Å². The quantitative estimate of drug-likeness (QED) is 0.695. The summed E-state index contributed by atoms with van der Waals surface area (Å²) in [5.41, 5.74) is 1.07. The van der Waals surface area contributed by atoms with Crippen LogP contribution in [0.15, 0.2) is 30.3 Å². The van der Waals surface area contributed by atoms with E-state index in [0.29, 0.717) is 6.61 Å². The molecule has 0 aromatic heterocycles. The normalized spacial score (nSPS) is 12.8. The van der Waals surface area contributed by atoms with Gasteiger partial charge in [0.25, 0.3) is 0 Å². The van der Waals surface area contributed by atoms with Crippen LogP contribution >= 0.6 is 0 Å². The molecule has 13 heavy (non-hydrogen) atoms. The molecule has 0 saturated heterocycles. The SMILES string of the molecule is COC(CO)OCc1ccccc1. The first-order chi connectivity index (χ1) is 6.36. The molecule has 1 N–H and O–H groups in total. The Hall–Kier alpha value is -0.900. The summed E-state index contributed by atoms with van der Waals surface area (Å²) in [6.07, 6.45) is -0.528. The Morgan fingerprint density at radius 1 is 1.31 bits per heavy atom. The highest BCUT2D eigenvalue weighted by Crippen LogP contribution is 2.03. The molecule has 0 heterocycles. The predicted molar refractivity (Wildman–Crippen MR) is 49.1 cm³/mol.